The van der Waals surface area contributed by atoms with Crippen LogP contribution in [0, 0.1) is 6.08 Å². The van der Waals surface area contributed by atoms with Gasteiger partial charge in [-0.1, -0.05) is 30.4 Å². The van der Waals surface area contributed by atoms with Crippen molar-refractivity contribution in [3.63, 3.8) is 0 Å². The van der Waals surface area contributed by atoms with Crippen molar-refractivity contribution in [2.45, 2.75) is 12.8 Å². The summed E-state index contributed by atoms with van der Waals surface area (Å²) in [6.07, 6.45) is 15.5. The van der Waals surface area contributed by atoms with Crippen LogP contribution in [0.4, 0.5) is 0 Å². The molecule has 0 aliphatic heterocycles. The summed E-state index contributed by atoms with van der Waals surface area (Å²) in [7, 11) is 0. The molecule has 0 unspecified atom stereocenters. The Morgan fingerprint density at radius 1 is 1.00 bits per heavy atom. The summed E-state index contributed by atoms with van der Waals surface area (Å²) in [5.74, 6) is 0. The fourth-order valence-corrected chi connectivity index (χ4v) is 0.611. The minimum absolute atomic E-state index is 1.03. The normalized spacial score (nSPS) is 30.0. The first-order valence-corrected chi connectivity index (χ1v) is 2.88. The third-order valence-electron chi connectivity index (χ3n) is 1.02. The summed E-state index contributed by atoms with van der Waals surface area (Å²) in [6, 6.07) is 0. The molecule has 1 rings (SSSR count). The summed E-state index contributed by atoms with van der Waals surface area (Å²) in [5.41, 5.74) is 0. The van der Waals surface area contributed by atoms with E-state index in [1.807, 2.05) is 12.2 Å². The van der Waals surface area contributed by atoms with Crippen LogP contribution >= 0.6 is 0 Å². The molecular weight excluding hydrogens is 96.1 g/mol. The molecule has 0 heteroatoms. The molecule has 0 fully saturated rings. The van der Waals surface area contributed by atoms with Crippen molar-refractivity contribution in [1.82, 2.24) is 0 Å². The van der Waals surface area contributed by atoms with Crippen molar-refractivity contribution in [2.75, 3.05) is 0 Å². The van der Waals surface area contributed by atoms with Gasteiger partial charge in [0.05, 0.1) is 0 Å². The van der Waals surface area contributed by atoms with E-state index in [0.29, 0.717) is 0 Å². The molecule has 41 valence electrons. The SMILES string of the molecule is [C]1=C\C/C=C\C\C=C/1. The van der Waals surface area contributed by atoms with Gasteiger partial charge in [0.1, 0.15) is 0 Å². The molecule has 1 aliphatic rings. The largest absolute Gasteiger partial charge is 0.0844 e. The average Bonchev–Trinajstić information content (AvgIpc) is 1.62. The third-order valence-corrected chi connectivity index (χ3v) is 1.02. The standard InChI is InChI=1S/C8H9/c1-2-4-6-8-7-5-3-1/h1-2,5-7H,3-4H2/b2-1-,7-5-,8-6?. The van der Waals surface area contributed by atoms with Gasteiger partial charge < -0.3 is 0 Å². The van der Waals surface area contributed by atoms with Gasteiger partial charge in [-0.3, -0.25) is 0 Å². The molecule has 0 nitrogen and oxygen atoms in total. The van der Waals surface area contributed by atoms with E-state index in [1.165, 1.54) is 0 Å². The Morgan fingerprint density at radius 2 is 1.88 bits per heavy atom. The van der Waals surface area contributed by atoms with E-state index in [0.717, 1.165) is 12.8 Å². The zero-order chi connectivity index (χ0) is 5.66. The smallest absolute Gasteiger partial charge is 0.0160 e. The summed E-state index contributed by atoms with van der Waals surface area (Å²) in [4.78, 5) is 0. The molecule has 0 atom stereocenters. The summed E-state index contributed by atoms with van der Waals surface area (Å²) < 4.78 is 0. The highest BCUT2D eigenvalue weighted by Gasteiger charge is 1.74. The Bertz CT molecular complexity index is 111. The fourth-order valence-electron chi connectivity index (χ4n) is 0.611. The van der Waals surface area contributed by atoms with Crippen LogP contribution in [0.2, 0.25) is 0 Å². The molecule has 1 radical (unpaired) electrons. The van der Waals surface area contributed by atoms with Crippen LogP contribution in [-0.4, -0.2) is 0 Å². The average molecular weight is 105 g/mol. The predicted octanol–water partition coefficient (Wildman–Crippen LogP) is 2.25. The fraction of sp³-hybridized carbons (Fsp3) is 0.250. The topological polar surface area (TPSA) is 0 Å². The van der Waals surface area contributed by atoms with Gasteiger partial charge in [-0.05, 0) is 18.9 Å². The molecule has 0 aromatic rings. The van der Waals surface area contributed by atoms with Gasteiger partial charge in [-0.25, -0.2) is 0 Å². The van der Waals surface area contributed by atoms with Gasteiger partial charge in [0.2, 0.25) is 0 Å². The maximum Gasteiger partial charge on any atom is -0.0160 e. The lowest BCUT2D eigenvalue weighted by Crippen LogP contribution is -1.64. The van der Waals surface area contributed by atoms with E-state index in [2.05, 4.69) is 24.3 Å². The van der Waals surface area contributed by atoms with Crippen LogP contribution in [0.5, 0.6) is 0 Å². The van der Waals surface area contributed by atoms with Crippen molar-refractivity contribution < 1.29 is 0 Å². The lowest BCUT2D eigenvalue weighted by Gasteiger charge is -1.84. The van der Waals surface area contributed by atoms with Crippen LogP contribution in [-0.2, 0) is 0 Å². The van der Waals surface area contributed by atoms with E-state index in [-0.39, 0.29) is 0 Å². The van der Waals surface area contributed by atoms with Gasteiger partial charge in [0, 0.05) is 0 Å². The van der Waals surface area contributed by atoms with E-state index in [1.54, 1.807) is 0 Å². The van der Waals surface area contributed by atoms with Crippen molar-refractivity contribution in [1.29, 1.82) is 0 Å². The highest BCUT2D eigenvalue weighted by Crippen LogP contribution is 1.94. The second-order valence-corrected chi connectivity index (χ2v) is 1.72. The number of hydrogen-bond acceptors (Lipinski definition) is 0. The molecule has 8 heavy (non-hydrogen) atoms. The van der Waals surface area contributed by atoms with Gasteiger partial charge in [0.25, 0.3) is 0 Å². The van der Waals surface area contributed by atoms with Crippen LogP contribution in [0.15, 0.2) is 30.4 Å². The molecule has 1 aliphatic carbocycles. The van der Waals surface area contributed by atoms with Gasteiger partial charge >= 0.3 is 0 Å². The molecule has 0 saturated heterocycles. The quantitative estimate of drug-likeness (QED) is 0.414. The molecule has 0 spiro atoms. The Kier molecular flexibility index (Phi) is 2.18. The maximum atomic E-state index is 3.03. The molecule has 0 saturated carbocycles. The van der Waals surface area contributed by atoms with Crippen LogP contribution in [0.25, 0.3) is 0 Å². The summed E-state index contributed by atoms with van der Waals surface area (Å²) in [5, 5.41) is 0. The van der Waals surface area contributed by atoms with Crippen molar-refractivity contribution in [3.05, 3.63) is 36.5 Å². The molecule has 0 aromatic carbocycles. The first kappa shape index (κ1) is 5.36. The Balaban J connectivity index is 2.51. The lowest BCUT2D eigenvalue weighted by molar-refractivity contribution is 1.28. The van der Waals surface area contributed by atoms with E-state index in [4.69, 9.17) is 0 Å². The molecular formula is C8H9. The second kappa shape index (κ2) is 3.25. The molecule has 0 bridgehead atoms. The highest BCUT2D eigenvalue weighted by atomic mass is 13.8. The monoisotopic (exact) mass is 105 g/mol. The van der Waals surface area contributed by atoms with Crippen LogP contribution in [0.3, 0.4) is 0 Å². The van der Waals surface area contributed by atoms with E-state index >= 15 is 0 Å². The van der Waals surface area contributed by atoms with Crippen LogP contribution in [0.1, 0.15) is 12.8 Å². The molecule has 0 aromatic heterocycles. The van der Waals surface area contributed by atoms with Gasteiger partial charge in [0.15, 0.2) is 0 Å². The van der Waals surface area contributed by atoms with Crippen LogP contribution < -0.4 is 0 Å². The molecule has 0 N–H and O–H groups in total. The minimum atomic E-state index is 1.03. The minimum Gasteiger partial charge on any atom is -0.0844 e. The number of hydrogen-bond donors (Lipinski definition) is 0. The van der Waals surface area contributed by atoms with Crippen molar-refractivity contribution in [2.24, 2.45) is 0 Å². The van der Waals surface area contributed by atoms with Crippen molar-refractivity contribution in [3.8, 4) is 0 Å². The molecule has 0 amide bonds. The molecule has 0 heterocycles. The summed E-state index contributed by atoms with van der Waals surface area (Å²) >= 11 is 0. The second-order valence-electron chi connectivity index (χ2n) is 1.72. The first-order valence-electron chi connectivity index (χ1n) is 2.88. The Labute approximate surface area is 50.2 Å². The number of rotatable bonds is 0. The number of allylic oxidation sites excluding steroid dienone is 6. The first-order chi connectivity index (χ1) is 4.00. The zero-order valence-electron chi connectivity index (χ0n) is 4.80. The van der Waals surface area contributed by atoms with Crippen molar-refractivity contribution >= 4 is 0 Å². The summed E-state index contributed by atoms with van der Waals surface area (Å²) in [6.45, 7) is 0. The maximum absolute atomic E-state index is 3.03. The zero-order valence-corrected chi connectivity index (χ0v) is 4.80. The Morgan fingerprint density at radius 3 is 2.88 bits per heavy atom. The van der Waals surface area contributed by atoms with E-state index in [9.17, 15) is 0 Å². The predicted molar refractivity (Wildman–Crippen MR) is 35.3 cm³/mol. The lowest BCUT2D eigenvalue weighted by atomic mass is 10.2. The highest BCUT2D eigenvalue weighted by molar-refractivity contribution is 5.04. The third kappa shape index (κ3) is 1.78. The van der Waals surface area contributed by atoms with Gasteiger partial charge in [-0.15, -0.1) is 0 Å². The van der Waals surface area contributed by atoms with E-state index < -0.39 is 0 Å². The Hall–Kier alpha value is -0.780. The van der Waals surface area contributed by atoms with Gasteiger partial charge in [-0.2, -0.15) is 0 Å².